The molecular formula is C10H19NO. The van der Waals surface area contributed by atoms with Crippen molar-refractivity contribution in [1.82, 2.24) is 5.32 Å². The fraction of sp³-hybridized carbons (Fsp3) is 0.800. The SMILES string of the molecule is CCNC/C(C)=C/C1CCCO1. The van der Waals surface area contributed by atoms with Crippen molar-refractivity contribution in [3.8, 4) is 0 Å². The molecule has 0 aromatic rings. The molecule has 1 atom stereocenters. The maximum absolute atomic E-state index is 5.50. The molecule has 1 aliphatic heterocycles. The number of rotatable bonds is 4. The quantitative estimate of drug-likeness (QED) is 0.647. The molecule has 0 amide bonds. The zero-order chi connectivity index (χ0) is 8.81. The van der Waals surface area contributed by atoms with Crippen molar-refractivity contribution in [3.63, 3.8) is 0 Å². The molecular weight excluding hydrogens is 150 g/mol. The molecule has 1 N–H and O–H groups in total. The Labute approximate surface area is 75.0 Å². The summed E-state index contributed by atoms with van der Waals surface area (Å²) >= 11 is 0. The Hall–Kier alpha value is -0.340. The topological polar surface area (TPSA) is 21.3 Å². The fourth-order valence-corrected chi connectivity index (χ4v) is 1.43. The summed E-state index contributed by atoms with van der Waals surface area (Å²) < 4.78 is 5.50. The third kappa shape index (κ3) is 3.37. The first kappa shape index (κ1) is 9.75. The minimum absolute atomic E-state index is 0.392. The molecule has 0 bridgehead atoms. The number of hydrogen-bond acceptors (Lipinski definition) is 2. The summed E-state index contributed by atoms with van der Waals surface area (Å²) in [4.78, 5) is 0. The zero-order valence-electron chi connectivity index (χ0n) is 8.10. The van der Waals surface area contributed by atoms with Crippen LogP contribution in [0.3, 0.4) is 0 Å². The Bertz CT molecular complexity index is 148. The molecule has 1 saturated heterocycles. The maximum atomic E-state index is 5.50. The summed E-state index contributed by atoms with van der Waals surface area (Å²) in [5.41, 5.74) is 1.39. The fourth-order valence-electron chi connectivity index (χ4n) is 1.43. The van der Waals surface area contributed by atoms with Gasteiger partial charge in [0.15, 0.2) is 0 Å². The van der Waals surface area contributed by atoms with E-state index in [9.17, 15) is 0 Å². The smallest absolute Gasteiger partial charge is 0.0759 e. The molecule has 2 heteroatoms. The van der Waals surface area contributed by atoms with E-state index in [4.69, 9.17) is 4.74 Å². The largest absolute Gasteiger partial charge is 0.374 e. The summed E-state index contributed by atoms with van der Waals surface area (Å²) in [6.07, 6.45) is 5.05. The van der Waals surface area contributed by atoms with Crippen molar-refractivity contribution in [3.05, 3.63) is 11.6 Å². The van der Waals surface area contributed by atoms with Crippen molar-refractivity contribution >= 4 is 0 Å². The molecule has 1 aliphatic rings. The molecule has 0 aromatic heterocycles. The van der Waals surface area contributed by atoms with Crippen molar-refractivity contribution in [2.45, 2.75) is 32.8 Å². The van der Waals surface area contributed by atoms with E-state index in [0.29, 0.717) is 6.10 Å². The molecule has 0 spiro atoms. The Morgan fingerprint density at radius 1 is 1.67 bits per heavy atom. The van der Waals surface area contributed by atoms with Crippen LogP contribution in [0.4, 0.5) is 0 Å². The zero-order valence-corrected chi connectivity index (χ0v) is 8.10. The van der Waals surface area contributed by atoms with Gasteiger partial charge < -0.3 is 10.1 Å². The van der Waals surface area contributed by atoms with Crippen molar-refractivity contribution in [2.75, 3.05) is 19.7 Å². The second-order valence-electron chi connectivity index (χ2n) is 3.34. The molecule has 1 rings (SSSR count). The lowest BCUT2D eigenvalue weighted by molar-refractivity contribution is 0.145. The van der Waals surface area contributed by atoms with Crippen LogP contribution in [0.2, 0.25) is 0 Å². The predicted octanol–water partition coefficient (Wildman–Crippen LogP) is 1.72. The van der Waals surface area contributed by atoms with Gasteiger partial charge in [0.25, 0.3) is 0 Å². The van der Waals surface area contributed by atoms with Crippen LogP contribution in [0.15, 0.2) is 11.6 Å². The molecule has 1 unspecified atom stereocenters. The Balaban J connectivity index is 2.23. The van der Waals surface area contributed by atoms with E-state index in [1.165, 1.54) is 18.4 Å². The number of likely N-dealkylation sites (N-methyl/N-ethyl adjacent to an activating group) is 1. The van der Waals surface area contributed by atoms with Gasteiger partial charge in [-0.2, -0.15) is 0 Å². The van der Waals surface area contributed by atoms with Gasteiger partial charge in [-0.05, 0) is 26.3 Å². The predicted molar refractivity (Wildman–Crippen MR) is 51.3 cm³/mol. The molecule has 70 valence electrons. The van der Waals surface area contributed by atoms with Crippen LogP contribution >= 0.6 is 0 Å². The second kappa shape index (κ2) is 5.33. The second-order valence-corrected chi connectivity index (χ2v) is 3.34. The average molecular weight is 169 g/mol. The van der Waals surface area contributed by atoms with Crippen molar-refractivity contribution in [2.24, 2.45) is 0 Å². The molecule has 2 nitrogen and oxygen atoms in total. The summed E-state index contributed by atoms with van der Waals surface area (Å²) in [5.74, 6) is 0. The van der Waals surface area contributed by atoms with E-state index in [1.807, 2.05) is 0 Å². The lowest BCUT2D eigenvalue weighted by Crippen LogP contribution is -2.16. The lowest BCUT2D eigenvalue weighted by atomic mass is 10.1. The summed E-state index contributed by atoms with van der Waals surface area (Å²) in [6, 6.07) is 0. The average Bonchev–Trinajstić information content (AvgIpc) is 2.53. The Kier molecular flexibility index (Phi) is 4.33. The van der Waals surface area contributed by atoms with Gasteiger partial charge >= 0.3 is 0 Å². The highest BCUT2D eigenvalue weighted by Gasteiger charge is 2.12. The molecule has 0 aliphatic carbocycles. The molecule has 0 aromatic carbocycles. The first-order valence-electron chi connectivity index (χ1n) is 4.82. The monoisotopic (exact) mass is 169 g/mol. The van der Waals surface area contributed by atoms with Crippen LogP contribution < -0.4 is 5.32 Å². The molecule has 0 radical (unpaired) electrons. The van der Waals surface area contributed by atoms with Gasteiger partial charge in [0.1, 0.15) is 0 Å². The number of ether oxygens (including phenoxy) is 1. The van der Waals surface area contributed by atoms with Crippen LogP contribution in [0.1, 0.15) is 26.7 Å². The van der Waals surface area contributed by atoms with Crippen LogP contribution in [0, 0.1) is 0 Å². The van der Waals surface area contributed by atoms with E-state index in [2.05, 4.69) is 25.2 Å². The van der Waals surface area contributed by atoms with Crippen molar-refractivity contribution in [1.29, 1.82) is 0 Å². The molecule has 0 saturated carbocycles. The van der Waals surface area contributed by atoms with Gasteiger partial charge in [0.05, 0.1) is 6.10 Å². The van der Waals surface area contributed by atoms with Gasteiger partial charge in [-0.3, -0.25) is 0 Å². The van der Waals surface area contributed by atoms with Crippen LogP contribution in [-0.2, 0) is 4.74 Å². The van der Waals surface area contributed by atoms with Crippen LogP contribution in [0.25, 0.3) is 0 Å². The van der Waals surface area contributed by atoms with E-state index < -0.39 is 0 Å². The van der Waals surface area contributed by atoms with Gasteiger partial charge in [-0.15, -0.1) is 0 Å². The van der Waals surface area contributed by atoms with Crippen LogP contribution in [-0.4, -0.2) is 25.8 Å². The normalized spacial score (nSPS) is 24.8. The number of hydrogen-bond donors (Lipinski definition) is 1. The summed E-state index contributed by atoms with van der Waals surface area (Å²) in [7, 11) is 0. The summed E-state index contributed by atoms with van der Waals surface area (Å²) in [6.45, 7) is 7.26. The van der Waals surface area contributed by atoms with E-state index >= 15 is 0 Å². The van der Waals surface area contributed by atoms with Crippen LogP contribution in [0.5, 0.6) is 0 Å². The first-order chi connectivity index (χ1) is 5.83. The van der Waals surface area contributed by atoms with Crippen molar-refractivity contribution < 1.29 is 4.74 Å². The van der Waals surface area contributed by atoms with E-state index in [0.717, 1.165) is 19.7 Å². The first-order valence-corrected chi connectivity index (χ1v) is 4.82. The lowest BCUT2D eigenvalue weighted by Gasteiger charge is -2.06. The highest BCUT2D eigenvalue weighted by molar-refractivity contribution is 5.04. The molecule has 1 fully saturated rings. The van der Waals surface area contributed by atoms with Gasteiger partial charge in [0, 0.05) is 13.2 Å². The minimum Gasteiger partial charge on any atom is -0.374 e. The molecule has 1 heterocycles. The van der Waals surface area contributed by atoms with E-state index in [1.54, 1.807) is 0 Å². The highest BCUT2D eigenvalue weighted by Crippen LogP contribution is 2.14. The van der Waals surface area contributed by atoms with E-state index in [-0.39, 0.29) is 0 Å². The van der Waals surface area contributed by atoms with Gasteiger partial charge in [0.2, 0.25) is 0 Å². The standard InChI is InChI=1S/C10H19NO/c1-3-11-8-9(2)7-10-5-4-6-12-10/h7,10-11H,3-6,8H2,1-2H3/b9-7+. The number of nitrogens with one attached hydrogen (secondary N) is 1. The third-order valence-electron chi connectivity index (χ3n) is 2.09. The highest BCUT2D eigenvalue weighted by atomic mass is 16.5. The third-order valence-corrected chi connectivity index (χ3v) is 2.09. The minimum atomic E-state index is 0.392. The summed E-state index contributed by atoms with van der Waals surface area (Å²) in [5, 5.41) is 3.30. The van der Waals surface area contributed by atoms with Gasteiger partial charge in [-0.1, -0.05) is 18.6 Å². The Morgan fingerprint density at radius 3 is 3.08 bits per heavy atom. The maximum Gasteiger partial charge on any atom is 0.0759 e. The van der Waals surface area contributed by atoms with Gasteiger partial charge in [-0.25, -0.2) is 0 Å². The Morgan fingerprint density at radius 2 is 2.50 bits per heavy atom. The molecule has 12 heavy (non-hydrogen) atoms.